The molecular weight excluding hydrogens is 258 g/mol. The molecule has 1 atom stereocenters. The van der Waals surface area contributed by atoms with Crippen molar-refractivity contribution in [3.63, 3.8) is 0 Å². The third-order valence-corrected chi connectivity index (χ3v) is 2.91. The Morgan fingerprint density at radius 3 is 2.78 bits per heavy atom. The van der Waals surface area contributed by atoms with Gasteiger partial charge < -0.3 is 5.73 Å². The van der Waals surface area contributed by atoms with Crippen LogP contribution < -0.4 is 5.73 Å². The molecule has 1 heterocycles. The minimum absolute atomic E-state index is 0.139. The molecule has 0 spiro atoms. The second-order valence-corrected chi connectivity index (χ2v) is 4.32. The van der Waals surface area contributed by atoms with Crippen LogP contribution in [0.2, 0.25) is 5.02 Å². The molecule has 0 saturated carbocycles. The first kappa shape index (κ1) is 12.9. The Balaban J connectivity index is 2.24. The molecule has 2 nitrogen and oxygen atoms in total. The molecule has 0 amide bonds. The summed E-state index contributed by atoms with van der Waals surface area (Å²) in [6.45, 7) is 0. The van der Waals surface area contributed by atoms with Crippen molar-refractivity contribution < 1.29 is 8.78 Å². The first-order valence-electron chi connectivity index (χ1n) is 5.38. The Hall–Kier alpha value is -1.52. The predicted molar refractivity (Wildman–Crippen MR) is 66.2 cm³/mol. The maximum absolute atomic E-state index is 13.5. The predicted octanol–water partition coefficient (Wildman–Crippen LogP) is 3.26. The molecule has 1 aromatic carbocycles. The van der Waals surface area contributed by atoms with Crippen LogP contribution in [0.1, 0.15) is 17.3 Å². The van der Waals surface area contributed by atoms with Gasteiger partial charge in [0.25, 0.3) is 0 Å². The van der Waals surface area contributed by atoms with Crippen molar-refractivity contribution in [2.24, 2.45) is 5.73 Å². The van der Waals surface area contributed by atoms with Crippen molar-refractivity contribution in [1.29, 1.82) is 0 Å². The molecule has 2 aromatic rings. The smallest absolute Gasteiger partial charge is 0.126 e. The largest absolute Gasteiger partial charge is 0.322 e. The van der Waals surface area contributed by atoms with E-state index in [1.807, 2.05) is 0 Å². The Morgan fingerprint density at radius 1 is 1.28 bits per heavy atom. The van der Waals surface area contributed by atoms with E-state index in [1.54, 1.807) is 18.3 Å². The first-order valence-corrected chi connectivity index (χ1v) is 5.75. The number of hydrogen-bond acceptors (Lipinski definition) is 2. The monoisotopic (exact) mass is 268 g/mol. The van der Waals surface area contributed by atoms with Gasteiger partial charge in [0.15, 0.2) is 0 Å². The number of aromatic nitrogens is 1. The summed E-state index contributed by atoms with van der Waals surface area (Å²) in [6.07, 6.45) is 1.70. The molecule has 0 fully saturated rings. The van der Waals surface area contributed by atoms with E-state index in [9.17, 15) is 8.78 Å². The molecule has 94 valence electrons. The summed E-state index contributed by atoms with van der Waals surface area (Å²) in [7, 11) is 0. The summed E-state index contributed by atoms with van der Waals surface area (Å²) >= 11 is 5.95. The van der Waals surface area contributed by atoms with Crippen molar-refractivity contribution in [2.45, 2.75) is 12.5 Å². The summed E-state index contributed by atoms with van der Waals surface area (Å²) < 4.78 is 26.5. The number of rotatable bonds is 3. The topological polar surface area (TPSA) is 38.9 Å². The Labute approximate surface area is 108 Å². The van der Waals surface area contributed by atoms with Gasteiger partial charge in [-0.15, -0.1) is 0 Å². The van der Waals surface area contributed by atoms with Gasteiger partial charge in [0.05, 0.1) is 16.8 Å². The average molecular weight is 269 g/mol. The fourth-order valence-electron chi connectivity index (χ4n) is 1.70. The third-order valence-electron chi connectivity index (χ3n) is 2.59. The summed E-state index contributed by atoms with van der Waals surface area (Å²) in [5.74, 6) is -0.982. The van der Waals surface area contributed by atoms with E-state index in [1.165, 1.54) is 0 Å². The molecule has 0 radical (unpaired) electrons. The van der Waals surface area contributed by atoms with Gasteiger partial charge in [-0.3, -0.25) is 4.98 Å². The zero-order chi connectivity index (χ0) is 13.1. The highest BCUT2D eigenvalue weighted by atomic mass is 35.5. The second kappa shape index (κ2) is 5.42. The van der Waals surface area contributed by atoms with Crippen LogP contribution in [0.4, 0.5) is 8.78 Å². The fourth-order valence-corrected chi connectivity index (χ4v) is 1.97. The highest BCUT2D eigenvalue weighted by molar-refractivity contribution is 6.31. The summed E-state index contributed by atoms with van der Waals surface area (Å²) in [5, 5.41) is 0.418. The van der Waals surface area contributed by atoms with Gasteiger partial charge in [-0.25, -0.2) is 8.78 Å². The molecule has 1 unspecified atom stereocenters. The molecule has 5 heteroatoms. The van der Waals surface area contributed by atoms with Crippen LogP contribution in [0.3, 0.4) is 0 Å². The van der Waals surface area contributed by atoms with Crippen LogP contribution in [-0.4, -0.2) is 4.98 Å². The zero-order valence-electron chi connectivity index (χ0n) is 9.41. The third kappa shape index (κ3) is 2.83. The van der Waals surface area contributed by atoms with E-state index in [0.717, 1.165) is 18.2 Å². The molecule has 0 aliphatic rings. The maximum atomic E-state index is 13.5. The molecule has 2 rings (SSSR count). The van der Waals surface area contributed by atoms with Crippen LogP contribution in [-0.2, 0) is 6.42 Å². The standard InChI is InChI=1S/C13H11ClF2N2/c14-10-2-1-5-18-13(10)12(17)7-8-6-9(15)3-4-11(8)16/h1-6,12H,7,17H2. The van der Waals surface area contributed by atoms with Crippen LogP contribution in [0.5, 0.6) is 0 Å². The Bertz CT molecular complexity index is 560. The van der Waals surface area contributed by atoms with Crippen molar-refractivity contribution in [3.8, 4) is 0 Å². The molecule has 0 bridgehead atoms. The lowest BCUT2D eigenvalue weighted by Gasteiger charge is -2.13. The second-order valence-electron chi connectivity index (χ2n) is 3.92. The Morgan fingerprint density at radius 2 is 2.06 bits per heavy atom. The van der Waals surface area contributed by atoms with Gasteiger partial charge in [0.2, 0.25) is 0 Å². The molecular formula is C13H11ClF2N2. The normalized spacial score (nSPS) is 12.4. The summed E-state index contributed by atoms with van der Waals surface area (Å²) in [4.78, 5) is 4.05. The van der Waals surface area contributed by atoms with Crippen molar-refractivity contribution >= 4 is 11.6 Å². The minimum Gasteiger partial charge on any atom is -0.322 e. The van der Waals surface area contributed by atoms with Gasteiger partial charge in [0, 0.05) is 6.20 Å². The lowest BCUT2D eigenvalue weighted by Crippen LogP contribution is -2.16. The van der Waals surface area contributed by atoms with E-state index in [2.05, 4.69) is 4.98 Å². The molecule has 2 N–H and O–H groups in total. The van der Waals surface area contributed by atoms with Crippen LogP contribution in [0.25, 0.3) is 0 Å². The van der Waals surface area contributed by atoms with Crippen LogP contribution in [0.15, 0.2) is 36.5 Å². The number of hydrogen-bond donors (Lipinski definition) is 1. The summed E-state index contributed by atoms with van der Waals surface area (Å²) in [6, 6.07) is 6.05. The van der Waals surface area contributed by atoms with Crippen LogP contribution in [0, 0.1) is 11.6 Å². The highest BCUT2D eigenvalue weighted by Crippen LogP contribution is 2.23. The minimum atomic E-state index is -0.574. The molecule has 18 heavy (non-hydrogen) atoms. The number of benzene rings is 1. The van der Waals surface area contributed by atoms with Crippen LogP contribution >= 0.6 is 11.6 Å². The maximum Gasteiger partial charge on any atom is 0.126 e. The average Bonchev–Trinajstić information content (AvgIpc) is 2.34. The van der Waals surface area contributed by atoms with E-state index in [4.69, 9.17) is 17.3 Å². The van der Waals surface area contributed by atoms with E-state index in [-0.39, 0.29) is 12.0 Å². The van der Waals surface area contributed by atoms with E-state index < -0.39 is 17.7 Å². The fraction of sp³-hybridized carbons (Fsp3) is 0.154. The van der Waals surface area contributed by atoms with Gasteiger partial charge in [-0.05, 0) is 42.3 Å². The Kier molecular flexibility index (Phi) is 3.89. The van der Waals surface area contributed by atoms with Crippen molar-refractivity contribution in [2.75, 3.05) is 0 Å². The number of pyridine rings is 1. The lowest BCUT2D eigenvalue weighted by molar-refractivity contribution is 0.570. The van der Waals surface area contributed by atoms with Crippen molar-refractivity contribution in [1.82, 2.24) is 4.98 Å². The first-order chi connectivity index (χ1) is 8.58. The van der Waals surface area contributed by atoms with Gasteiger partial charge in [-0.2, -0.15) is 0 Å². The highest BCUT2D eigenvalue weighted by Gasteiger charge is 2.14. The van der Waals surface area contributed by atoms with Crippen molar-refractivity contribution in [3.05, 3.63) is 64.4 Å². The molecule has 0 saturated heterocycles. The number of nitrogens with two attached hydrogens (primary N) is 1. The summed E-state index contributed by atoms with van der Waals surface area (Å²) in [5.41, 5.74) is 6.60. The quantitative estimate of drug-likeness (QED) is 0.928. The lowest BCUT2D eigenvalue weighted by atomic mass is 10.0. The molecule has 1 aromatic heterocycles. The van der Waals surface area contributed by atoms with E-state index in [0.29, 0.717) is 10.7 Å². The SMILES string of the molecule is NC(Cc1cc(F)ccc1F)c1ncccc1Cl. The van der Waals surface area contributed by atoms with E-state index >= 15 is 0 Å². The van der Waals surface area contributed by atoms with Gasteiger partial charge in [0.1, 0.15) is 11.6 Å². The molecule has 0 aliphatic heterocycles. The zero-order valence-corrected chi connectivity index (χ0v) is 10.2. The van der Waals surface area contributed by atoms with Gasteiger partial charge >= 0.3 is 0 Å². The van der Waals surface area contributed by atoms with Gasteiger partial charge in [-0.1, -0.05) is 11.6 Å². The molecule has 0 aliphatic carbocycles. The number of nitrogens with zero attached hydrogens (tertiary/aromatic N) is 1. The number of halogens is 3.